The zero-order valence-electron chi connectivity index (χ0n) is 11.8. The van der Waals surface area contributed by atoms with E-state index in [-0.39, 0.29) is 12.0 Å². The van der Waals surface area contributed by atoms with Crippen LogP contribution in [0.4, 0.5) is 0 Å². The van der Waals surface area contributed by atoms with Crippen LogP contribution < -0.4 is 4.98 Å². The zero-order chi connectivity index (χ0) is 13.0. The molecule has 0 saturated carbocycles. The number of hydrogen-bond acceptors (Lipinski definition) is 3. The molecule has 0 saturated heterocycles. The maximum atomic E-state index is 12.0. The maximum Gasteiger partial charge on any atom is 0.309 e. The SMILES string of the molecule is CCC[C@@H](N[Si](C)(C)C)C(=O)O[Si](C)(C)C. The molecule has 0 fully saturated rings. The van der Waals surface area contributed by atoms with E-state index in [2.05, 4.69) is 31.5 Å². The van der Waals surface area contributed by atoms with E-state index in [0.29, 0.717) is 0 Å². The average molecular weight is 262 g/mol. The van der Waals surface area contributed by atoms with Crippen LogP contribution in [-0.2, 0) is 9.22 Å². The van der Waals surface area contributed by atoms with Crippen molar-refractivity contribution in [3.05, 3.63) is 0 Å². The minimum Gasteiger partial charge on any atom is -0.519 e. The predicted octanol–water partition coefficient (Wildman–Crippen LogP) is 2.96. The van der Waals surface area contributed by atoms with E-state index in [1.807, 2.05) is 19.6 Å². The number of rotatable bonds is 6. The Hall–Kier alpha value is -0.136. The lowest BCUT2D eigenvalue weighted by Gasteiger charge is -2.28. The van der Waals surface area contributed by atoms with Gasteiger partial charge >= 0.3 is 5.97 Å². The summed E-state index contributed by atoms with van der Waals surface area (Å²) in [6, 6.07) is -0.108. The summed E-state index contributed by atoms with van der Waals surface area (Å²) in [5, 5.41) is 0. The van der Waals surface area contributed by atoms with Crippen molar-refractivity contribution < 1.29 is 9.22 Å². The Kier molecular flexibility index (Phi) is 5.93. The first kappa shape index (κ1) is 15.9. The summed E-state index contributed by atoms with van der Waals surface area (Å²) < 4.78 is 5.56. The van der Waals surface area contributed by atoms with Crippen LogP contribution in [0.25, 0.3) is 0 Å². The molecule has 0 aromatic heterocycles. The Balaban J connectivity index is 4.47. The fourth-order valence-electron chi connectivity index (χ4n) is 1.43. The highest BCUT2D eigenvalue weighted by Crippen LogP contribution is 2.10. The molecule has 1 N–H and O–H groups in total. The molecule has 0 spiro atoms. The highest BCUT2D eigenvalue weighted by molar-refractivity contribution is 6.74. The Bertz CT molecular complexity index is 231. The average Bonchev–Trinajstić information content (AvgIpc) is 1.97. The molecular weight excluding hydrogens is 234 g/mol. The first-order valence-electron chi connectivity index (χ1n) is 6.06. The second kappa shape index (κ2) is 5.98. The fraction of sp³-hybridized carbons (Fsp3) is 0.909. The molecule has 96 valence electrons. The van der Waals surface area contributed by atoms with E-state index in [9.17, 15) is 4.79 Å². The highest BCUT2D eigenvalue weighted by Gasteiger charge is 2.29. The van der Waals surface area contributed by atoms with Gasteiger partial charge in [0.1, 0.15) is 8.24 Å². The summed E-state index contributed by atoms with van der Waals surface area (Å²) >= 11 is 0. The van der Waals surface area contributed by atoms with Gasteiger partial charge in [0.2, 0.25) is 8.32 Å². The van der Waals surface area contributed by atoms with E-state index in [1.165, 1.54) is 0 Å². The first-order valence-corrected chi connectivity index (χ1v) is 13.0. The largest absolute Gasteiger partial charge is 0.519 e. The van der Waals surface area contributed by atoms with E-state index < -0.39 is 16.6 Å². The molecule has 0 heterocycles. The van der Waals surface area contributed by atoms with Crippen molar-refractivity contribution in [2.24, 2.45) is 0 Å². The highest BCUT2D eigenvalue weighted by atomic mass is 28.4. The summed E-state index contributed by atoms with van der Waals surface area (Å²) in [5.74, 6) is -0.0524. The Morgan fingerprint density at radius 2 is 1.69 bits per heavy atom. The summed E-state index contributed by atoms with van der Waals surface area (Å²) in [6.45, 7) is 14.8. The van der Waals surface area contributed by atoms with Crippen molar-refractivity contribution in [1.82, 2.24) is 4.98 Å². The summed E-state index contributed by atoms with van der Waals surface area (Å²) in [4.78, 5) is 15.5. The minimum absolute atomic E-state index is 0.0524. The van der Waals surface area contributed by atoms with Crippen LogP contribution in [0.1, 0.15) is 19.8 Å². The quantitative estimate of drug-likeness (QED) is 0.747. The van der Waals surface area contributed by atoms with Crippen molar-refractivity contribution in [2.45, 2.75) is 65.1 Å². The third kappa shape index (κ3) is 8.07. The molecule has 0 rings (SSSR count). The van der Waals surface area contributed by atoms with Crippen LogP contribution >= 0.6 is 0 Å². The van der Waals surface area contributed by atoms with Crippen LogP contribution in [0, 0.1) is 0 Å². The molecule has 3 nitrogen and oxygen atoms in total. The molecule has 0 amide bonds. The van der Waals surface area contributed by atoms with Gasteiger partial charge in [-0.05, 0) is 26.1 Å². The predicted molar refractivity (Wildman–Crippen MR) is 74.6 cm³/mol. The van der Waals surface area contributed by atoms with Gasteiger partial charge in [0.25, 0.3) is 0 Å². The van der Waals surface area contributed by atoms with E-state index in [1.54, 1.807) is 0 Å². The molecule has 5 heteroatoms. The minimum atomic E-state index is -1.76. The van der Waals surface area contributed by atoms with Crippen molar-refractivity contribution in [2.75, 3.05) is 0 Å². The standard InChI is InChI=1S/C11H27NO2Si2/c1-8-9-10(12-15(2,3)4)11(13)14-16(5,6)7/h10,12H,8-9H2,1-7H3/t10-/m1/s1. The maximum absolute atomic E-state index is 12.0. The number of carbonyl (C=O) groups excluding carboxylic acids is 1. The monoisotopic (exact) mass is 261 g/mol. The molecule has 0 radical (unpaired) electrons. The second-order valence-electron chi connectivity index (χ2n) is 6.27. The smallest absolute Gasteiger partial charge is 0.309 e. The lowest BCUT2D eigenvalue weighted by atomic mass is 10.2. The van der Waals surface area contributed by atoms with Crippen LogP contribution in [0.2, 0.25) is 39.3 Å². The summed E-state index contributed by atoms with van der Waals surface area (Å²) in [5.41, 5.74) is 0. The van der Waals surface area contributed by atoms with Gasteiger partial charge in [0.05, 0.1) is 6.04 Å². The molecule has 0 aromatic carbocycles. The molecule has 1 atom stereocenters. The van der Waals surface area contributed by atoms with E-state index in [4.69, 9.17) is 4.43 Å². The van der Waals surface area contributed by atoms with E-state index >= 15 is 0 Å². The Labute approximate surface area is 102 Å². The zero-order valence-corrected chi connectivity index (χ0v) is 13.8. The lowest BCUT2D eigenvalue weighted by Crippen LogP contribution is -2.53. The molecule has 0 aliphatic rings. The number of hydrogen-bond donors (Lipinski definition) is 1. The van der Waals surface area contributed by atoms with Gasteiger partial charge in [-0.3, -0.25) is 4.79 Å². The molecule has 0 aliphatic heterocycles. The Morgan fingerprint density at radius 1 is 1.19 bits per heavy atom. The van der Waals surface area contributed by atoms with Gasteiger partial charge < -0.3 is 9.41 Å². The van der Waals surface area contributed by atoms with Gasteiger partial charge in [-0.1, -0.05) is 33.0 Å². The molecular formula is C11H27NO2Si2. The third-order valence-electron chi connectivity index (χ3n) is 1.88. The van der Waals surface area contributed by atoms with Crippen LogP contribution in [0.3, 0.4) is 0 Å². The molecule has 16 heavy (non-hydrogen) atoms. The first-order chi connectivity index (χ1) is 7.05. The lowest BCUT2D eigenvalue weighted by molar-refractivity contribution is -0.137. The fourth-order valence-corrected chi connectivity index (χ4v) is 3.49. The van der Waals surface area contributed by atoms with E-state index in [0.717, 1.165) is 12.8 Å². The van der Waals surface area contributed by atoms with Crippen molar-refractivity contribution >= 4 is 22.5 Å². The molecule has 0 aromatic rings. The summed E-state index contributed by atoms with van der Waals surface area (Å²) in [7, 11) is -3.19. The van der Waals surface area contributed by atoms with Gasteiger partial charge in [-0.25, -0.2) is 0 Å². The van der Waals surface area contributed by atoms with Gasteiger partial charge in [0, 0.05) is 0 Å². The second-order valence-corrected chi connectivity index (χ2v) is 15.5. The molecule has 0 aliphatic carbocycles. The topological polar surface area (TPSA) is 38.3 Å². The summed E-state index contributed by atoms with van der Waals surface area (Å²) in [6.07, 6.45) is 1.87. The van der Waals surface area contributed by atoms with Gasteiger partial charge in [0.15, 0.2) is 0 Å². The van der Waals surface area contributed by atoms with Crippen LogP contribution in [0.15, 0.2) is 0 Å². The van der Waals surface area contributed by atoms with Crippen LogP contribution in [-0.4, -0.2) is 28.6 Å². The molecule has 0 unspecified atom stereocenters. The normalized spacial score (nSPS) is 14.7. The van der Waals surface area contributed by atoms with Crippen molar-refractivity contribution in [3.63, 3.8) is 0 Å². The van der Waals surface area contributed by atoms with Gasteiger partial charge in [-0.2, -0.15) is 0 Å². The third-order valence-corrected chi connectivity index (χ3v) is 3.90. The van der Waals surface area contributed by atoms with Crippen molar-refractivity contribution in [1.29, 1.82) is 0 Å². The van der Waals surface area contributed by atoms with Crippen molar-refractivity contribution in [3.8, 4) is 0 Å². The Morgan fingerprint density at radius 3 is 2.00 bits per heavy atom. The number of carbonyl (C=O) groups is 1. The van der Waals surface area contributed by atoms with Crippen LogP contribution in [0.5, 0.6) is 0 Å². The van der Waals surface area contributed by atoms with Gasteiger partial charge in [-0.15, -0.1) is 0 Å². The number of nitrogens with one attached hydrogen (secondary N) is 1. The molecule has 0 bridgehead atoms.